The normalized spacial score (nSPS) is 17.2. The Kier molecular flexibility index (Phi) is 14.3. The van der Waals surface area contributed by atoms with Crippen molar-refractivity contribution in [3.05, 3.63) is 71.8 Å². The Balaban J connectivity index is 0.924. The van der Waals surface area contributed by atoms with Crippen LogP contribution in [0.3, 0.4) is 0 Å². The molecular weight excluding hydrogens is 532 g/mol. The van der Waals surface area contributed by atoms with Gasteiger partial charge in [-0.1, -0.05) is 86.3 Å². The number of piperidine rings is 2. The summed E-state index contributed by atoms with van der Waals surface area (Å²) in [6.45, 7) is 4.26. The summed E-state index contributed by atoms with van der Waals surface area (Å²) < 4.78 is 11.4. The van der Waals surface area contributed by atoms with Crippen molar-refractivity contribution >= 4 is 11.9 Å². The van der Waals surface area contributed by atoms with Gasteiger partial charge < -0.3 is 9.47 Å². The van der Waals surface area contributed by atoms with E-state index in [0.29, 0.717) is 26.1 Å². The van der Waals surface area contributed by atoms with E-state index in [2.05, 4.69) is 24.3 Å². The number of carbonyl (C=O) groups excluding carboxylic acids is 2. The Morgan fingerprint density at radius 2 is 0.905 bits per heavy atom. The Bertz CT molecular complexity index is 937. The predicted octanol–water partition coefficient (Wildman–Crippen LogP) is 6.39. The molecule has 2 fully saturated rings. The Hall–Kier alpha value is -2.78. The lowest BCUT2D eigenvalue weighted by Gasteiger charge is -2.30. The molecule has 0 aromatic heterocycles. The molecule has 0 unspecified atom stereocenters. The van der Waals surface area contributed by atoms with Crippen LogP contribution in [0.1, 0.15) is 88.2 Å². The fourth-order valence-corrected chi connectivity index (χ4v) is 5.37. The van der Waals surface area contributed by atoms with Gasteiger partial charge in [-0.15, -0.1) is 0 Å². The van der Waals surface area contributed by atoms with E-state index in [1.165, 1.54) is 0 Å². The highest BCUT2D eigenvalue weighted by Gasteiger charge is 2.24. The lowest BCUT2D eigenvalue weighted by molar-refractivity contribution is -0.194. The molecule has 0 N–H and O–H groups in total. The topological polar surface area (TPSA) is 77.5 Å². The summed E-state index contributed by atoms with van der Waals surface area (Å²) in [7, 11) is 0. The van der Waals surface area contributed by atoms with E-state index in [1.54, 1.807) is 0 Å². The minimum absolute atomic E-state index is 0.00523. The van der Waals surface area contributed by atoms with E-state index >= 15 is 0 Å². The molecule has 42 heavy (non-hydrogen) atoms. The number of hydrogen-bond acceptors (Lipinski definition) is 8. The molecule has 4 rings (SSSR count). The van der Waals surface area contributed by atoms with Crippen LogP contribution < -0.4 is 0 Å². The van der Waals surface area contributed by atoms with E-state index in [0.717, 1.165) is 102 Å². The van der Waals surface area contributed by atoms with E-state index in [-0.39, 0.29) is 24.1 Å². The number of nitrogens with zero attached hydrogens (tertiary/aromatic N) is 2. The maximum atomic E-state index is 12.3. The van der Waals surface area contributed by atoms with Crippen molar-refractivity contribution in [2.24, 2.45) is 0 Å². The zero-order valence-corrected chi connectivity index (χ0v) is 25.0. The van der Waals surface area contributed by atoms with Crippen molar-refractivity contribution in [2.45, 2.75) is 102 Å². The van der Waals surface area contributed by atoms with Gasteiger partial charge in [-0.25, -0.2) is 0 Å². The predicted molar refractivity (Wildman–Crippen MR) is 161 cm³/mol. The Morgan fingerprint density at radius 3 is 1.29 bits per heavy atom. The van der Waals surface area contributed by atoms with Gasteiger partial charge in [0.15, 0.2) is 0 Å². The molecule has 0 spiro atoms. The van der Waals surface area contributed by atoms with Crippen LogP contribution in [0.5, 0.6) is 0 Å². The molecule has 8 nitrogen and oxygen atoms in total. The maximum absolute atomic E-state index is 12.3. The molecule has 8 heteroatoms. The van der Waals surface area contributed by atoms with Crippen molar-refractivity contribution in [1.29, 1.82) is 0 Å². The molecule has 0 saturated carbocycles. The van der Waals surface area contributed by atoms with Gasteiger partial charge in [0, 0.05) is 39.0 Å². The van der Waals surface area contributed by atoms with Gasteiger partial charge in [0.05, 0.1) is 13.2 Å². The largest absolute Gasteiger partial charge is 0.462 e. The number of hydroxylamine groups is 4. The number of ether oxygens (including phenoxy) is 2. The summed E-state index contributed by atoms with van der Waals surface area (Å²) in [4.78, 5) is 36.3. The average molecular weight is 581 g/mol. The molecule has 230 valence electrons. The summed E-state index contributed by atoms with van der Waals surface area (Å²) in [6, 6.07) is 20.3. The van der Waals surface area contributed by atoms with Crippen LogP contribution in [0, 0.1) is 0 Å². The van der Waals surface area contributed by atoms with E-state index in [4.69, 9.17) is 19.1 Å². The second-order valence-electron chi connectivity index (χ2n) is 11.4. The molecule has 0 aliphatic carbocycles. The summed E-state index contributed by atoms with van der Waals surface area (Å²) in [5.74, 6) is -0.176. The van der Waals surface area contributed by atoms with E-state index in [9.17, 15) is 9.59 Å². The first-order valence-corrected chi connectivity index (χ1v) is 15.9. The molecule has 0 radical (unpaired) electrons. The number of hydrogen-bond donors (Lipinski definition) is 0. The van der Waals surface area contributed by atoms with Gasteiger partial charge in [-0.2, -0.15) is 10.1 Å². The maximum Gasteiger partial charge on any atom is 0.306 e. The molecule has 0 bridgehead atoms. The Morgan fingerprint density at radius 1 is 0.548 bits per heavy atom. The minimum Gasteiger partial charge on any atom is -0.462 e. The molecule has 0 amide bonds. The van der Waals surface area contributed by atoms with Crippen LogP contribution in [0.15, 0.2) is 60.7 Å². The van der Waals surface area contributed by atoms with Gasteiger partial charge in [0.2, 0.25) is 0 Å². The van der Waals surface area contributed by atoms with Crippen molar-refractivity contribution in [3.63, 3.8) is 0 Å². The van der Waals surface area contributed by atoms with Gasteiger partial charge in [0.1, 0.15) is 12.2 Å². The fraction of sp³-hybridized carbons (Fsp3) is 0.588. The third kappa shape index (κ3) is 12.6. The van der Waals surface area contributed by atoms with Gasteiger partial charge >= 0.3 is 11.9 Å². The summed E-state index contributed by atoms with van der Waals surface area (Å²) in [5.41, 5.74) is 2.31. The zero-order valence-electron chi connectivity index (χ0n) is 25.0. The Labute approximate surface area is 251 Å². The molecule has 2 aromatic carbocycles. The minimum atomic E-state index is -0.0880. The van der Waals surface area contributed by atoms with Crippen LogP contribution in [-0.2, 0) is 42.0 Å². The van der Waals surface area contributed by atoms with E-state index in [1.807, 2.05) is 46.5 Å². The van der Waals surface area contributed by atoms with Crippen molar-refractivity contribution in [2.75, 3.05) is 26.2 Å². The lowest BCUT2D eigenvalue weighted by Crippen LogP contribution is -2.37. The second-order valence-corrected chi connectivity index (χ2v) is 11.4. The molecule has 2 heterocycles. The van der Waals surface area contributed by atoms with E-state index < -0.39 is 0 Å². The monoisotopic (exact) mass is 580 g/mol. The quantitative estimate of drug-likeness (QED) is 0.157. The van der Waals surface area contributed by atoms with Crippen LogP contribution in [0.25, 0.3) is 0 Å². The molecule has 2 aliphatic rings. The number of carbonyl (C=O) groups is 2. The summed E-state index contributed by atoms with van der Waals surface area (Å²) in [6.07, 6.45) is 10.1. The molecule has 0 atom stereocenters. The molecule has 2 aromatic rings. The van der Waals surface area contributed by atoms with Gasteiger partial charge in [-0.3, -0.25) is 19.3 Å². The van der Waals surface area contributed by atoms with Crippen molar-refractivity contribution in [1.82, 2.24) is 10.1 Å². The fourth-order valence-electron chi connectivity index (χ4n) is 5.37. The van der Waals surface area contributed by atoms with Gasteiger partial charge in [0.25, 0.3) is 0 Å². The zero-order chi connectivity index (χ0) is 29.2. The number of unbranched alkanes of at least 4 members (excludes halogenated alkanes) is 5. The summed E-state index contributed by atoms with van der Waals surface area (Å²) in [5, 5.41) is 3.95. The highest BCUT2D eigenvalue weighted by Crippen LogP contribution is 2.19. The molecular formula is C34H48N2O6. The summed E-state index contributed by atoms with van der Waals surface area (Å²) >= 11 is 0. The van der Waals surface area contributed by atoms with Crippen LogP contribution in [0.4, 0.5) is 0 Å². The van der Waals surface area contributed by atoms with Crippen molar-refractivity contribution in [3.8, 4) is 0 Å². The van der Waals surface area contributed by atoms with Crippen LogP contribution in [0.2, 0.25) is 0 Å². The highest BCUT2D eigenvalue weighted by atomic mass is 16.7. The van der Waals surface area contributed by atoms with Crippen molar-refractivity contribution < 1.29 is 28.7 Å². The number of benzene rings is 2. The second kappa shape index (κ2) is 18.7. The first-order chi connectivity index (χ1) is 20.6. The third-order valence-corrected chi connectivity index (χ3v) is 7.92. The lowest BCUT2D eigenvalue weighted by atomic mass is 10.1. The van der Waals surface area contributed by atoms with Gasteiger partial charge in [-0.05, 0) is 49.7 Å². The SMILES string of the molecule is O=C(CCCCCCCCC(=O)OC1CCN(OCc2ccccc2)CC1)OC1CCN(OCc2ccccc2)CC1. The number of esters is 2. The standard InChI is InChI=1S/C34H48N2O6/c37-33(41-31-19-23-35(24-20-31)39-27-29-13-7-5-8-14-29)17-11-3-1-2-4-12-18-34(38)42-32-21-25-36(26-22-32)40-28-30-15-9-6-10-16-30/h5-10,13-16,31-32H,1-4,11-12,17-28H2. The molecule has 2 aliphatic heterocycles. The smallest absolute Gasteiger partial charge is 0.306 e. The average Bonchev–Trinajstić information content (AvgIpc) is 3.02. The molecule has 2 saturated heterocycles. The third-order valence-electron chi connectivity index (χ3n) is 7.92. The number of rotatable bonds is 17. The first-order valence-electron chi connectivity index (χ1n) is 15.9. The van der Waals surface area contributed by atoms with Crippen LogP contribution >= 0.6 is 0 Å². The highest BCUT2D eigenvalue weighted by molar-refractivity contribution is 5.69. The van der Waals surface area contributed by atoms with Crippen LogP contribution in [-0.4, -0.2) is 60.5 Å². The first kappa shape index (κ1) is 32.1.